The highest BCUT2D eigenvalue weighted by atomic mass is 35.5. The predicted molar refractivity (Wildman–Crippen MR) is 154 cm³/mol. The van der Waals surface area contributed by atoms with E-state index >= 15 is 0 Å². The summed E-state index contributed by atoms with van der Waals surface area (Å²) < 4.78 is 3.36. The Morgan fingerprint density at radius 2 is 1.75 bits per heavy atom. The second kappa shape index (κ2) is 9.18. The Hall–Kier alpha value is -2.93. The van der Waals surface area contributed by atoms with Crippen LogP contribution >= 0.6 is 22.9 Å². The topological polar surface area (TPSA) is 37.2 Å². The normalized spacial score (nSPS) is 14.9. The minimum atomic E-state index is 0.754. The number of piperazine rings is 1. The fourth-order valence-corrected chi connectivity index (χ4v) is 6.64. The summed E-state index contributed by atoms with van der Waals surface area (Å²) in [6.45, 7) is 8.64. The Kier molecular flexibility index (Phi) is 5.98. The van der Waals surface area contributed by atoms with Crippen LogP contribution in [-0.2, 0) is 13.5 Å². The van der Waals surface area contributed by atoms with E-state index in [4.69, 9.17) is 21.6 Å². The number of pyridine rings is 1. The first-order valence-electron chi connectivity index (χ1n) is 12.5. The summed E-state index contributed by atoms with van der Waals surface area (Å²) in [6, 6.07) is 12.7. The number of aromatic nitrogens is 3. The standard InChI is InChI=1S/C29H30ClN5S/c1-5-22-18(2)14-24-27(26(22)19-6-8-21(30)9-7-19)36-29(32-24)20-15-23-25(17-34(4)28(23)31-16-20)35-12-10-33(3)11-13-35/h6-9,14-17H,5,10-13H2,1-4H3. The van der Waals surface area contributed by atoms with Crippen molar-refractivity contribution in [2.24, 2.45) is 7.05 Å². The molecule has 0 amide bonds. The molecule has 3 aromatic heterocycles. The lowest BCUT2D eigenvalue weighted by atomic mass is 9.94. The van der Waals surface area contributed by atoms with Gasteiger partial charge in [0.1, 0.15) is 10.7 Å². The molecule has 4 heterocycles. The van der Waals surface area contributed by atoms with E-state index in [9.17, 15) is 0 Å². The van der Waals surface area contributed by atoms with Crippen molar-refractivity contribution in [2.45, 2.75) is 20.3 Å². The number of anilines is 1. The zero-order chi connectivity index (χ0) is 25.0. The molecule has 184 valence electrons. The summed E-state index contributed by atoms with van der Waals surface area (Å²) >= 11 is 7.97. The smallest absolute Gasteiger partial charge is 0.141 e. The van der Waals surface area contributed by atoms with Crippen LogP contribution in [0, 0.1) is 6.92 Å². The summed E-state index contributed by atoms with van der Waals surface area (Å²) in [6.07, 6.45) is 5.17. The van der Waals surface area contributed by atoms with E-state index in [-0.39, 0.29) is 0 Å². The molecular weight excluding hydrogens is 486 g/mol. The third-order valence-corrected chi connectivity index (χ3v) is 8.77. The van der Waals surface area contributed by atoms with Crippen molar-refractivity contribution in [3.63, 3.8) is 0 Å². The molecule has 0 atom stereocenters. The van der Waals surface area contributed by atoms with E-state index in [1.54, 1.807) is 11.3 Å². The van der Waals surface area contributed by atoms with Gasteiger partial charge in [-0.15, -0.1) is 11.3 Å². The molecule has 0 aliphatic carbocycles. The third-order valence-electron chi connectivity index (χ3n) is 7.38. The Balaban J connectivity index is 1.49. The first-order valence-corrected chi connectivity index (χ1v) is 13.7. The van der Waals surface area contributed by atoms with Crippen molar-refractivity contribution >= 4 is 49.9 Å². The number of hydrogen-bond acceptors (Lipinski definition) is 5. The zero-order valence-electron chi connectivity index (χ0n) is 21.2. The Morgan fingerprint density at radius 3 is 2.47 bits per heavy atom. The molecule has 0 radical (unpaired) electrons. The average Bonchev–Trinajstić information content (AvgIpc) is 3.45. The lowest BCUT2D eigenvalue weighted by Gasteiger charge is -2.33. The van der Waals surface area contributed by atoms with Gasteiger partial charge < -0.3 is 14.4 Å². The van der Waals surface area contributed by atoms with Gasteiger partial charge in [0.2, 0.25) is 0 Å². The summed E-state index contributed by atoms with van der Waals surface area (Å²) in [5.41, 5.74) is 9.51. The van der Waals surface area contributed by atoms with Gasteiger partial charge in [0.05, 0.1) is 15.9 Å². The summed E-state index contributed by atoms with van der Waals surface area (Å²) in [4.78, 5) is 14.9. The second-order valence-corrected chi connectivity index (χ2v) is 11.2. The van der Waals surface area contributed by atoms with Gasteiger partial charge in [0.25, 0.3) is 0 Å². The van der Waals surface area contributed by atoms with Crippen LogP contribution in [0.4, 0.5) is 5.69 Å². The molecule has 1 aliphatic rings. The molecule has 7 heteroatoms. The Labute approximate surface area is 221 Å². The maximum atomic E-state index is 6.21. The van der Waals surface area contributed by atoms with Gasteiger partial charge in [-0.25, -0.2) is 9.97 Å². The number of thiazole rings is 1. The summed E-state index contributed by atoms with van der Waals surface area (Å²) in [7, 11) is 4.27. The minimum Gasteiger partial charge on any atom is -0.367 e. The van der Waals surface area contributed by atoms with Crippen molar-refractivity contribution < 1.29 is 0 Å². The van der Waals surface area contributed by atoms with Gasteiger partial charge in [-0.1, -0.05) is 30.7 Å². The maximum absolute atomic E-state index is 6.21. The number of benzene rings is 2. The number of fused-ring (bicyclic) bond motifs is 2. The van der Waals surface area contributed by atoms with Crippen LogP contribution < -0.4 is 4.90 Å². The monoisotopic (exact) mass is 515 g/mol. The molecule has 2 aromatic carbocycles. The Morgan fingerprint density at radius 1 is 1.00 bits per heavy atom. The van der Waals surface area contributed by atoms with Crippen LogP contribution in [0.1, 0.15) is 18.1 Å². The van der Waals surface area contributed by atoms with Gasteiger partial charge in [-0.3, -0.25) is 0 Å². The van der Waals surface area contributed by atoms with Crippen LogP contribution in [-0.4, -0.2) is 52.7 Å². The molecule has 0 N–H and O–H groups in total. The van der Waals surface area contributed by atoms with Gasteiger partial charge >= 0.3 is 0 Å². The molecule has 5 aromatic rings. The SMILES string of the molecule is CCc1c(C)cc2nc(-c3cnc4c(c3)c(N3CCN(C)CC3)cn4C)sc2c1-c1ccc(Cl)cc1. The van der Waals surface area contributed by atoms with Gasteiger partial charge in [-0.05, 0) is 61.3 Å². The van der Waals surface area contributed by atoms with Gasteiger partial charge in [0.15, 0.2) is 0 Å². The molecule has 1 fully saturated rings. The quantitative estimate of drug-likeness (QED) is 0.264. The van der Waals surface area contributed by atoms with Crippen molar-refractivity contribution in [3.8, 4) is 21.7 Å². The first-order chi connectivity index (χ1) is 17.4. The van der Waals surface area contributed by atoms with Crippen LogP contribution in [0.5, 0.6) is 0 Å². The molecule has 1 saturated heterocycles. The number of rotatable bonds is 4. The highest BCUT2D eigenvalue weighted by Gasteiger charge is 2.21. The Bertz CT molecular complexity index is 1580. The third kappa shape index (κ3) is 3.97. The van der Waals surface area contributed by atoms with Crippen LogP contribution in [0.3, 0.4) is 0 Å². The van der Waals surface area contributed by atoms with Gasteiger partial charge in [0, 0.05) is 67.2 Å². The van der Waals surface area contributed by atoms with E-state index < -0.39 is 0 Å². The lowest BCUT2D eigenvalue weighted by molar-refractivity contribution is 0.313. The number of likely N-dealkylation sites (N-methyl/N-ethyl adjacent to an activating group) is 1. The molecule has 36 heavy (non-hydrogen) atoms. The number of halogens is 1. The number of nitrogens with zero attached hydrogens (tertiary/aromatic N) is 5. The molecule has 1 aliphatic heterocycles. The molecule has 0 unspecified atom stereocenters. The number of aryl methyl sites for hydroxylation is 2. The van der Waals surface area contributed by atoms with Crippen molar-refractivity contribution in [1.82, 2.24) is 19.4 Å². The molecule has 0 bridgehead atoms. The highest BCUT2D eigenvalue weighted by molar-refractivity contribution is 7.22. The van der Waals surface area contributed by atoms with Crippen molar-refractivity contribution in [1.29, 1.82) is 0 Å². The molecule has 0 spiro atoms. The average molecular weight is 516 g/mol. The van der Waals surface area contributed by atoms with Crippen molar-refractivity contribution in [3.05, 3.63) is 64.9 Å². The van der Waals surface area contributed by atoms with Crippen LogP contribution in [0.15, 0.2) is 48.8 Å². The van der Waals surface area contributed by atoms with E-state index in [0.717, 1.165) is 59.4 Å². The van der Waals surface area contributed by atoms with E-state index in [0.29, 0.717) is 0 Å². The van der Waals surface area contributed by atoms with E-state index in [1.807, 2.05) is 18.3 Å². The minimum absolute atomic E-state index is 0.754. The van der Waals surface area contributed by atoms with E-state index in [2.05, 4.69) is 72.8 Å². The lowest BCUT2D eigenvalue weighted by Crippen LogP contribution is -2.44. The molecular formula is C29H30ClN5S. The largest absolute Gasteiger partial charge is 0.367 e. The zero-order valence-corrected chi connectivity index (χ0v) is 22.7. The summed E-state index contributed by atoms with van der Waals surface area (Å²) in [5.74, 6) is 0. The fourth-order valence-electron chi connectivity index (χ4n) is 5.39. The molecule has 5 nitrogen and oxygen atoms in total. The maximum Gasteiger partial charge on any atom is 0.141 e. The summed E-state index contributed by atoms with van der Waals surface area (Å²) in [5, 5.41) is 2.96. The second-order valence-electron chi connectivity index (χ2n) is 9.79. The van der Waals surface area contributed by atoms with E-state index in [1.165, 1.54) is 38.0 Å². The number of hydrogen-bond donors (Lipinski definition) is 0. The fraction of sp³-hybridized carbons (Fsp3) is 0.310. The predicted octanol–water partition coefficient (Wildman–Crippen LogP) is 6.79. The van der Waals surface area contributed by atoms with Gasteiger partial charge in [-0.2, -0.15) is 0 Å². The van der Waals surface area contributed by atoms with Crippen LogP contribution in [0.25, 0.3) is 42.9 Å². The molecule has 0 saturated carbocycles. The molecule has 6 rings (SSSR count). The van der Waals surface area contributed by atoms with Crippen LogP contribution in [0.2, 0.25) is 5.02 Å². The highest BCUT2D eigenvalue weighted by Crippen LogP contribution is 2.41. The first kappa shape index (κ1) is 23.5. The van der Waals surface area contributed by atoms with Crippen molar-refractivity contribution in [2.75, 3.05) is 38.1 Å².